The van der Waals surface area contributed by atoms with Crippen LogP contribution in [-0.2, 0) is 14.4 Å². The predicted molar refractivity (Wildman–Crippen MR) is 144 cm³/mol. The van der Waals surface area contributed by atoms with Crippen LogP contribution in [0, 0.1) is 6.92 Å². The maximum Gasteiger partial charge on any atom is 0.303 e. The molecule has 37 heavy (non-hydrogen) atoms. The van der Waals surface area contributed by atoms with Gasteiger partial charge < -0.3 is 10.4 Å². The minimum absolute atomic E-state index is 0.0620. The van der Waals surface area contributed by atoms with Crippen LogP contribution in [0.4, 0.5) is 11.4 Å². The zero-order valence-corrected chi connectivity index (χ0v) is 21.2. The van der Waals surface area contributed by atoms with Crippen LogP contribution in [0.15, 0.2) is 84.1 Å². The average molecular weight is 515 g/mol. The number of rotatable bonds is 5. The van der Waals surface area contributed by atoms with Crippen molar-refractivity contribution in [2.24, 2.45) is 0 Å². The summed E-state index contributed by atoms with van der Waals surface area (Å²) >= 11 is 6.51. The number of carbonyl (C=O) groups is 3. The number of aliphatic carboxylic acids is 1. The van der Waals surface area contributed by atoms with E-state index in [9.17, 15) is 19.5 Å². The van der Waals surface area contributed by atoms with E-state index in [0.717, 1.165) is 22.4 Å². The first-order valence-electron chi connectivity index (χ1n) is 12.3. The molecule has 1 aliphatic heterocycles. The maximum atomic E-state index is 13.9. The number of carbonyl (C=O) groups excluding carboxylic acids is 2. The Hall–Kier alpha value is -3.90. The zero-order valence-electron chi connectivity index (χ0n) is 20.4. The summed E-state index contributed by atoms with van der Waals surface area (Å²) in [6.07, 6.45) is 0.351. The van der Waals surface area contributed by atoms with Crippen molar-refractivity contribution in [2.75, 3.05) is 10.2 Å². The predicted octanol–water partition coefficient (Wildman–Crippen LogP) is 6.41. The number of nitrogens with zero attached hydrogens (tertiary/aromatic N) is 1. The van der Waals surface area contributed by atoms with Gasteiger partial charge in [0, 0.05) is 29.1 Å². The third-order valence-electron chi connectivity index (χ3n) is 7.05. The molecule has 1 aliphatic carbocycles. The lowest BCUT2D eigenvalue weighted by molar-refractivity contribution is -0.138. The van der Waals surface area contributed by atoms with E-state index in [1.165, 1.54) is 0 Å². The van der Waals surface area contributed by atoms with Gasteiger partial charge in [0.05, 0.1) is 23.8 Å². The van der Waals surface area contributed by atoms with Crippen molar-refractivity contribution in [3.8, 4) is 0 Å². The summed E-state index contributed by atoms with van der Waals surface area (Å²) in [6, 6.07) is 22.1. The number of Topliss-reactive ketones (excluding diaryl/α,β-unsaturated/α-hetero) is 1. The normalized spacial score (nSPS) is 19.0. The molecule has 5 rings (SSSR count). The molecule has 2 atom stereocenters. The zero-order chi connectivity index (χ0) is 26.1. The van der Waals surface area contributed by atoms with E-state index in [4.69, 9.17) is 11.6 Å². The van der Waals surface area contributed by atoms with Crippen molar-refractivity contribution in [3.63, 3.8) is 0 Å². The molecule has 6 nitrogen and oxygen atoms in total. The number of anilines is 2. The number of para-hydroxylation sites is 2. The summed E-state index contributed by atoms with van der Waals surface area (Å²) in [7, 11) is 0. The number of halogens is 1. The van der Waals surface area contributed by atoms with Gasteiger partial charge in [-0.2, -0.15) is 0 Å². The Labute approximate surface area is 220 Å². The highest BCUT2D eigenvalue weighted by Crippen LogP contribution is 2.48. The lowest BCUT2D eigenvalue weighted by atomic mass is 9.78. The third-order valence-corrected chi connectivity index (χ3v) is 7.39. The Kier molecular flexibility index (Phi) is 6.85. The Bertz CT molecular complexity index is 1410. The standard InChI is InChI=1S/C30H27ClN2O4/c1-18-10-12-19(13-11-18)30-29-24(16-20(17-26(29)34)21-6-2-3-7-22(21)31)32-23-8-4-5-9-25(23)33(30)27(35)14-15-28(36)37/h2-13,20,30,32H,14-17H2,1H3,(H,36,37)/t20-,30+/m0/s1. The molecule has 3 aromatic carbocycles. The largest absolute Gasteiger partial charge is 0.481 e. The van der Waals surface area contributed by atoms with Gasteiger partial charge in [0.2, 0.25) is 5.91 Å². The SMILES string of the molecule is Cc1ccc([C@@H]2C3=C(C[C@H](c4ccccc4Cl)CC3=O)Nc3ccccc3N2C(=O)CCC(=O)O)cc1. The molecule has 0 aromatic heterocycles. The Balaban J connectivity index is 1.69. The molecular formula is C30H27ClN2O4. The summed E-state index contributed by atoms with van der Waals surface area (Å²) in [5.74, 6) is -1.56. The Morgan fingerprint density at radius 2 is 1.68 bits per heavy atom. The van der Waals surface area contributed by atoms with E-state index in [2.05, 4.69) is 5.32 Å². The lowest BCUT2D eigenvalue weighted by Gasteiger charge is -2.35. The fraction of sp³-hybridized carbons (Fsp3) is 0.233. The summed E-state index contributed by atoms with van der Waals surface area (Å²) in [5.41, 5.74) is 5.37. The molecule has 0 fully saturated rings. The van der Waals surface area contributed by atoms with E-state index in [-0.39, 0.29) is 36.9 Å². The molecule has 0 unspecified atom stereocenters. The van der Waals surface area contributed by atoms with E-state index in [1.54, 1.807) is 4.90 Å². The summed E-state index contributed by atoms with van der Waals surface area (Å²) < 4.78 is 0. The van der Waals surface area contributed by atoms with E-state index in [0.29, 0.717) is 28.4 Å². The first-order chi connectivity index (χ1) is 17.8. The van der Waals surface area contributed by atoms with E-state index in [1.807, 2.05) is 79.7 Å². The van der Waals surface area contributed by atoms with Gasteiger partial charge in [-0.25, -0.2) is 0 Å². The molecule has 0 bridgehead atoms. The molecule has 188 valence electrons. The molecule has 3 aromatic rings. The first kappa shape index (κ1) is 24.8. The van der Waals surface area contributed by atoms with Gasteiger partial charge in [-0.3, -0.25) is 19.3 Å². The second kappa shape index (κ2) is 10.2. The van der Waals surface area contributed by atoms with Gasteiger partial charge in [-0.15, -0.1) is 0 Å². The second-order valence-electron chi connectivity index (χ2n) is 9.55. The van der Waals surface area contributed by atoms with Gasteiger partial charge in [-0.1, -0.05) is 71.8 Å². The molecule has 2 N–H and O–H groups in total. The molecular weight excluding hydrogens is 488 g/mol. The molecule has 0 saturated carbocycles. The van der Waals surface area contributed by atoms with Crippen molar-refractivity contribution >= 4 is 40.6 Å². The van der Waals surface area contributed by atoms with Gasteiger partial charge in [-0.05, 0) is 48.6 Å². The van der Waals surface area contributed by atoms with Crippen molar-refractivity contribution < 1.29 is 19.5 Å². The smallest absolute Gasteiger partial charge is 0.303 e. The molecule has 1 amide bonds. The quantitative estimate of drug-likeness (QED) is 0.410. The van der Waals surface area contributed by atoms with Crippen LogP contribution in [-0.4, -0.2) is 22.8 Å². The molecule has 0 radical (unpaired) electrons. The van der Waals surface area contributed by atoms with Crippen LogP contribution in [0.25, 0.3) is 0 Å². The molecule has 0 saturated heterocycles. The Morgan fingerprint density at radius 3 is 2.41 bits per heavy atom. The maximum absolute atomic E-state index is 13.9. The van der Waals surface area contributed by atoms with Gasteiger partial charge >= 0.3 is 5.97 Å². The van der Waals surface area contributed by atoms with Crippen molar-refractivity contribution in [1.29, 1.82) is 0 Å². The monoisotopic (exact) mass is 514 g/mol. The third kappa shape index (κ3) is 4.89. The van der Waals surface area contributed by atoms with Crippen LogP contribution in [0.5, 0.6) is 0 Å². The fourth-order valence-electron chi connectivity index (χ4n) is 5.29. The number of ketones is 1. The van der Waals surface area contributed by atoms with E-state index < -0.39 is 12.0 Å². The summed E-state index contributed by atoms with van der Waals surface area (Å²) in [6.45, 7) is 1.98. The van der Waals surface area contributed by atoms with Crippen LogP contribution in [0.1, 0.15) is 54.3 Å². The van der Waals surface area contributed by atoms with Crippen molar-refractivity contribution in [3.05, 3.63) is 106 Å². The number of benzene rings is 3. The molecule has 7 heteroatoms. The van der Waals surface area contributed by atoms with Crippen LogP contribution in [0.2, 0.25) is 5.02 Å². The molecule has 2 aliphatic rings. The summed E-state index contributed by atoms with van der Waals surface area (Å²) in [5, 5.41) is 13.4. The number of amides is 1. The molecule has 1 heterocycles. The highest BCUT2D eigenvalue weighted by Gasteiger charge is 2.41. The van der Waals surface area contributed by atoms with Crippen molar-refractivity contribution in [2.45, 2.75) is 44.6 Å². The average Bonchev–Trinajstić information content (AvgIpc) is 3.02. The number of allylic oxidation sites excluding steroid dienone is 1. The number of hydrogen-bond acceptors (Lipinski definition) is 4. The number of carboxylic acids is 1. The fourth-order valence-corrected chi connectivity index (χ4v) is 5.58. The summed E-state index contributed by atoms with van der Waals surface area (Å²) in [4.78, 5) is 40.5. The number of fused-ring (bicyclic) bond motifs is 1. The van der Waals surface area contributed by atoms with Crippen LogP contribution < -0.4 is 10.2 Å². The van der Waals surface area contributed by atoms with Gasteiger partial charge in [0.15, 0.2) is 5.78 Å². The highest BCUT2D eigenvalue weighted by molar-refractivity contribution is 6.31. The van der Waals surface area contributed by atoms with Gasteiger partial charge in [0.25, 0.3) is 0 Å². The number of carboxylic acid groups (broad SMARTS) is 1. The minimum Gasteiger partial charge on any atom is -0.481 e. The first-order valence-corrected chi connectivity index (χ1v) is 12.7. The Morgan fingerprint density at radius 1 is 0.973 bits per heavy atom. The van der Waals surface area contributed by atoms with Crippen molar-refractivity contribution in [1.82, 2.24) is 0 Å². The molecule has 0 spiro atoms. The van der Waals surface area contributed by atoms with E-state index >= 15 is 0 Å². The number of nitrogens with one attached hydrogen (secondary N) is 1. The number of hydrogen-bond donors (Lipinski definition) is 2. The second-order valence-corrected chi connectivity index (χ2v) is 9.96. The lowest BCUT2D eigenvalue weighted by Crippen LogP contribution is -2.38. The topological polar surface area (TPSA) is 86.7 Å². The van der Waals surface area contributed by atoms with Crippen LogP contribution >= 0.6 is 11.6 Å². The minimum atomic E-state index is -1.04. The van der Waals surface area contributed by atoms with Gasteiger partial charge in [0.1, 0.15) is 0 Å². The highest BCUT2D eigenvalue weighted by atomic mass is 35.5. The van der Waals surface area contributed by atoms with Crippen LogP contribution in [0.3, 0.4) is 0 Å². The number of aryl methyl sites for hydroxylation is 1.